The molecule has 0 radical (unpaired) electrons. The van der Waals surface area contributed by atoms with Gasteiger partial charge in [-0.25, -0.2) is 0 Å². The lowest BCUT2D eigenvalue weighted by Gasteiger charge is -2.07. The van der Waals surface area contributed by atoms with Gasteiger partial charge in [0.05, 0.1) is 16.6 Å². The van der Waals surface area contributed by atoms with Crippen LogP contribution in [0.5, 0.6) is 0 Å². The number of nitrogens with one attached hydrogen (secondary N) is 1. The lowest BCUT2D eigenvalue weighted by atomic mass is 10.0. The van der Waals surface area contributed by atoms with Crippen LogP contribution >= 0.6 is 0 Å². The largest absolute Gasteiger partial charge is 0.357 e. The number of hydrogen-bond acceptors (Lipinski definition) is 0. The lowest BCUT2D eigenvalue weighted by molar-refractivity contribution is 0.851. The van der Waals surface area contributed by atoms with E-state index in [9.17, 15) is 0 Å². The first-order valence-corrected chi connectivity index (χ1v) is 6.58. The molecule has 0 saturated carbocycles. The number of benzene rings is 1. The van der Waals surface area contributed by atoms with Crippen molar-refractivity contribution in [2.45, 2.75) is 33.6 Å². The predicted molar refractivity (Wildman–Crippen MR) is 78.3 cm³/mol. The number of aromatic nitrogens is 2. The van der Waals surface area contributed by atoms with Gasteiger partial charge in [0.2, 0.25) is 0 Å². The van der Waals surface area contributed by atoms with E-state index in [1.807, 2.05) is 0 Å². The normalized spacial score (nSPS) is 12.1. The molecule has 0 aliphatic heterocycles. The molecule has 2 nitrogen and oxygen atoms in total. The van der Waals surface area contributed by atoms with Crippen LogP contribution < -0.4 is 0 Å². The van der Waals surface area contributed by atoms with E-state index < -0.39 is 0 Å². The minimum absolute atomic E-state index is 0.544. The van der Waals surface area contributed by atoms with Crippen molar-refractivity contribution in [1.29, 1.82) is 0 Å². The van der Waals surface area contributed by atoms with E-state index in [4.69, 9.17) is 0 Å². The number of aromatic amines is 1. The molecule has 1 N–H and O–H groups in total. The van der Waals surface area contributed by atoms with Crippen LogP contribution in [-0.4, -0.2) is 9.55 Å². The Morgan fingerprint density at radius 1 is 1.17 bits per heavy atom. The first-order chi connectivity index (χ1) is 8.50. The minimum atomic E-state index is 0.544. The summed E-state index contributed by atoms with van der Waals surface area (Å²) in [6.07, 6.45) is 0. The van der Waals surface area contributed by atoms with E-state index in [1.54, 1.807) is 0 Å². The minimum Gasteiger partial charge on any atom is -0.357 e. The molecule has 1 aromatic carbocycles. The van der Waals surface area contributed by atoms with E-state index in [2.05, 4.69) is 62.5 Å². The highest BCUT2D eigenvalue weighted by molar-refractivity contribution is 6.08. The highest BCUT2D eigenvalue weighted by Gasteiger charge is 2.18. The summed E-state index contributed by atoms with van der Waals surface area (Å²) in [6, 6.07) is 6.68. The maximum absolute atomic E-state index is 3.58. The first kappa shape index (κ1) is 11.4. The summed E-state index contributed by atoms with van der Waals surface area (Å²) >= 11 is 0. The van der Waals surface area contributed by atoms with Crippen LogP contribution in [0.25, 0.3) is 21.9 Å². The molecular formula is C16H20N2. The van der Waals surface area contributed by atoms with Gasteiger partial charge in [-0.15, -0.1) is 0 Å². The van der Waals surface area contributed by atoms with Gasteiger partial charge in [0.15, 0.2) is 0 Å². The first-order valence-electron chi connectivity index (χ1n) is 6.58. The summed E-state index contributed by atoms with van der Waals surface area (Å²) < 4.78 is 2.32. The Balaban J connectivity index is 2.54. The highest BCUT2D eigenvalue weighted by atomic mass is 15.0. The topological polar surface area (TPSA) is 20.7 Å². The van der Waals surface area contributed by atoms with E-state index in [1.165, 1.54) is 38.8 Å². The molecule has 2 heteroatoms. The number of rotatable bonds is 1. The Bertz CT molecular complexity index is 741. The van der Waals surface area contributed by atoms with E-state index in [0.29, 0.717) is 5.92 Å². The fourth-order valence-electron chi connectivity index (χ4n) is 3.14. The molecule has 0 aliphatic carbocycles. The number of hydrogen-bond donors (Lipinski definition) is 1. The van der Waals surface area contributed by atoms with Gasteiger partial charge in [-0.05, 0) is 37.5 Å². The lowest BCUT2D eigenvalue weighted by Crippen LogP contribution is -1.94. The molecule has 3 rings (SSSR count). The van der Waals surface area contributed by atoms with Crippen LogP contribution in [0.4, 0.5) is 0 Å². The number of fused-ring (bicyclic) bond motifs is 3. The summed E-state index contributed by atoms with van der Waals surface area (Å²) in [7, 11) is 2.17. The molecule has 0 spiro atoms. The SMILES string of the molecule is Cc1ccc2c(c1)c1[nH]c(C)c(C(C)C)c1n2C. The molecule has 0 fully saturated rings. The monoisotopic (exact) mass is 240 g/mol. The number of H-pyrrole nitrogens is 1. The summed E-state index contributed by atoms with van der Waals surface area (Å²) in [5, 5.41) is 1.34. The average Bonchev–Trinajstić information content (AvgIpc) is 2.76. The van der Waals surface area contributed by atoms with E-state index in [0.717, 1.165) is 0 Å². The third kappa shape index (κ3) is 1.35. The van der Waals surface area contributed by atoms with Gasteiger partial charge in [0.1, 0.15) is 0 Å². The third-order valence-corrected chi connectivity index (χ3v) is 3.90. The maximum Gasteiger partial charge on any atom is 0.0721 e. The van der Waals surface area contributed by atoms with Crippen molar-refractivity contribution >= 4 is 21.9 Å². The molecule has 0 saturated heterocycles. The quantitative estimate of drug-likeness (QED) is 0.651. The van der Waals surface area contributed by atoms with Gasteiger partial charge >= 0.3 is 0 Å². The van der Waals surface area contributed by atoms with Crippen molar-refractivity contribution in [2.24, 2.45) is 7.05 Å². The molecule has 94 valence electrons. The Kier molecular flexibility index (Phi) is 2.31. The second-order valence-corrected chi connectivity index (χ2v) is 5.62. The van der Waals surface area contributed by atoms with Crippen molar-refractivity contribution in [2.75, 3.05) is 0 Å². The fourth-order valence-corrected chi connectivity index (χ4v) is 3.14. The van der Waals surface area contributed by atoms with Crippen molar-refractivity contribution < 1.29 is 0 Å². The Morgan fingerprint density at radius 2 is 1.89 bits per heavy atom. The maximum atomic E-state index is 3.58. The molecule has 0 bridgehead atoms. The number of aryl methyl sites for hydroxylation is 3. The zero-order chi connectivity index (χ0) is 13.0. The number of nitrogens with zero attached hydrogens (tertiary/aromatic N) is 1. The smallest absolute Gasteiger partial charge is 0.0721 e. The van der Waals surface area contributed by atoms with E-state index >= 15 is 0 Å². The van der Waals surface area contributed by atoms with E-state index in [-0.39, 0.29) is 0 Å². The van der Waals surface area contributed by atoms with Crippen molar-refractivity contribution in [3.05, 3.63) is 35.0 Å². The third-order valence-electron chi connectivity index (χ3n) is 3.90. The van der Waals surface area contributed by atoms with Crippen molar-refractivity contribution in [3.63, 3.8) is 0 Å². The van der Waals surface area contributed by atoms with Gasteiger partial charge in [-0.1, -0.05) is 25.5 Å². The van der Waals surface area contributed by atoms with Gasteiger partial charge in [0.25, 0.3) is 0 Å². The fraction of sp³-hybridized carbons (Fsp3) is 0.375. The van der Waals surface area contributed by atoms with Crippen LogP contribution in [0.3, 0.4) is 0 Å². The van der Waals surface area contributed by atoms with Crippen LogP contribution in [0.1, 0.15) is 36.6 Å². The molecule has 0 unspecified atom stereocenters. The molecule has 0 aliphatic rings. The van der Waals surface area contributed by atoms with Crippen LogP contribution in [-0.2, 0) is 7.05 Å². The zero-order valence-corrected chi connectivity index (χ0v) is 11.8. The molecule has 18 heavy (non-hydrogen) atoms. The van der Waals surface area contributed by atoms with Crippen LogP contribution in [0.2, 0.25) is 0 Å². The van der Waals surface area contributed by atoms with Gasteiger partial charge in [-0.3, -0.25) is 0 Å². The molecule has 0 atom stereocenters. The molecule has 2 heterocycles. The Hall–Kier alpha value is -1.70. The Labute approximate surface area is 108 Å². The van der Waals surface area contributed by atoms with Gasteiger partial charge < -0.3 is 9.55 Å². The van der Waals surface area contributed by atoms with Gasteiger partial charge in [-0.2, -0.15) is 0 Å². The Morgan fingerprint density at radius 3 is 2.56 bits per heavy atom. The van der Waals surface area contributed by atoms with Crippen LogP contribution in [0.15, 0.2) is 18.2 Å². The molecular weight excluding hydrogens is 220 g/mol. The standard InChI is InChI=1S/C16H20N2/c1-9(2)14-11(4)17-15-12-8-10(3)6-7-13(12)18(5)16(14)15/h6-9,17H,1-5H3. The van der Waals surface area contributed by atoms with Gasteiger partial charge in [0, 0.05) is 18.1 Å². The zero-order valence-electron chi connectivity index (χ0n) is 11.8. The average molecular weight is 240 g/mol. The summed E-state index contributed by atoms with van der Waals surface area (Å²) in [5.74, 6) is 0.544. The predicted octanol–water partition coefficient (Wildman–Crippen LogP) is 4.40. The second kappa shape index (κ2) is 3.64. The highest BCUT2D eigenvalue weighted by Crippen LogP contribution is 2.35. The second-order valence-electron chi connectivity index (χ2n) is 5.62. The summed E-state index contributed by atoms with van der Waals surface area (Å²) in [4.78, 5) is 3.58. The molecule has 2 aromatic heterocycles. The van der Waals surface area contributed by atoms with Crippen molar-refractivity contribution in [1.82, 2.24) is 9.55 Å². The molecule has 3 aromatic rings. The van der Waals surface area contributed by atoms with Crippen LogP contribution in [0, 0.1) is 13.8 Å². The summed E-state index contributed by atoms with van der Waals surface area (Å²) in [6.45, 7) is 8.85. The summed E-state index contributed by atoms with van der Waals surface area (Å²) in [5.41, 5.74) is 8.02. The molecule has 0 amide bonds. The van der Waals surface area contributed by atoms with Crippen molar-refractivity contribution in [3.8, 4) is 0 Å².